The number of hydrogen-bond acceptors (Lipinski definition) is 4. The fourth-order valence-corrected chi connectivity index (χ4v) is 1.26. The lowest BCUT2D eigenvalue weighted by Crippen LogP contribution is -2.36. The highest BCUT2D eigenvalue weighted by molar-refractivity contribution is 4.92. The van der Waals surface area contributed by atoms with E-state index >= 15 is 0 Å². The van der Waals surface area contributed by atoms with Crippen LogP contribution in [-0.2, 0) is 13.1 Å². The van der Waals surface area contributed by atoms with Gasteiger partial charge in [-0.1, -0.05) is 26.0 Å². The van der Waals surface area contributed by atoms with Gasteiger partial charge in [-0.3, -0.25) is 0 Å². The van der Waals surface area contributed by atoms with E-state index in [9.17, 15) is 5.11 Å². The first-order valence-corrected chi connectivity index (χ1v) is 5.78. The van der Waals surface area contributed by atoms with E-state index in [2.05, 4.69) is 15.6 Å². The quantitative estimate of drug-likeness (QED) is 0.753. The molecular weight excluding hydrogens is 204 g/mol. The molecule has 0 aliphatic rings. The molecule has 5 heteroatoms. The molecule has 1 heterocycles. The highest BCUT2D eigenvalue weighted by atomic mass is 16.3. The average molecular weight is 226 g/mol. The molecule has 1 atom stereocenters. The number of aromatic nitrogens is 3. The first kappa shape index (κ1) is 13.1. The number of aliphatic hydroxyl groups is 1. The highest BCUT2D eigenvalue weighted by Crippen LogP contribution is 2.17. The first-order chi connectivity index (χ1) is 7.45. The van der Waals surface area contributed by atoms with Crippen molar-refractivity contribution in [2.24, 2.45) is 5.92 Å². The van der Waals surface area contributed by atoms with Crippen LogP contribution in [0.3, 0.4) is 0 Å². The third-order valence-corrected chi connectivity index (χ3v) is 2.87. The molecule has 0 saturated heterocycles. The van der Waals surface area contributed by atoms with Gasteiger partial charge in [0, 0.05) is 12.7 Å². The van der Waals surface area contributed by atoms with E-state index in [-0.39, 0.29) is 5.92 Å². The fraction of sp³-hybridized carbons (Fsp3) is 0.818. The Morgan fingerprint density at radius 2 is 2.25 bits per heavy atom. The SMILES string of the molecule is CCNCc1cn(CC(C)(O)C(C)C)nn1. The molecule has 0 bridgehead atoms. The molecule has 5 nitrogen and oxygen atoms in total. The Labute approximate surface area is 96.9 Å². The molecule has 0 aliphatic carbocycles. The average Bonchev–Trinajstić information content (AvgIpc) is 2.61. The van der Waals surface area contributed by atoms with Gasteiger partial charge in [-0.2, -0.15) is 0 Å². The Hall–Kier alpha value is -0.940. The van der Waals surface area contributed by atoms with Gasteiger partial charge in [0.15, 0.2) is 0 Å². The van der Waals surface area contributed by atoms with Gasteiger partial charge in [0.1, 0.15) is 0 Å². The molecular formula is C11H22N4O. The molecule has 1 rings (SSSR count). The summed E-state index contributed by atoms with van der Waals surface area (Å²) in [5.41, 5.74) is 0.157. The number of nitrogens with zero attached hydrogens (tertiary/aromatic N) is 3. The molecule has 0 spiro atoms. The number of rotatable bonds is 6. The monoisotopic (exact) mass is 226 g/mol. The molecule has 16 heavy (non-hydrogen) atoms. The minimum absolute atomic E-state index is 0.189. The van der Waals surface area contributed by atoms with Gasteiger partial charge in [0.25, 0.3) is 0 Å². The molecule has 0 aromatic carbocycles. The summed E-state index contributed by atoms with van der Waals surface area (Å²) in [5, 5.41) is 21.4. The Morgan fingerprint density at radius 1 is 1.56 bits per heavy atom. The van der Waals surface area contributed by atoms with Gasteiger partial charge in [-0.25, -0.2) is 4.68 Å². The van der Waals surface area contributed by atoms with Gasteiger partial charge < -0.3 is 10.4 Å². The predicted molar refractivity (Wildman–Crippen MR) is 62.9 cm³/mol. The van der Waals surface area contributed by atoms with E-state index in [1.165, 1.54) is 0 Å². The molecule has 0 radical (unpaired) electrons. The number of hydrogen-bond donors (Lipinski definition) is 2. The molecule has 0 amide bonds. The maximum absolute atomic E-state index is 10.1. The second-order valence-electron chi connectivity index (χ2n) is 4.70. The maximum atomic E-state index is 10.1. The summed E-state index contributed by atoms with van der Waals surface area (Å²) in [4.78, 5) is 0. The molecule has 1 aromatic rings. The summed E-state index contributed by atoms with van der Waals surface area (Å²) in [7, 11) is 0. The van der Waals surface area contributed by atoms with Crippen LogP contribution in [0.2, 0.25) is 0 Å². The van der Waals surface area contributed by atoms with E-state index in [4.69, 9.17) is 0 Å². The van der Waals surface area contributed by atoms with Crippen molar-refractivity contribution in [1.29, 1.82) is 0 Å². The van der Waals surface area contributed by atoms with E-state index in [0.717, 1.165) is 18.8 Å². The highest BCUT2D eigenvalue weighted by Gasteiger charge is 2.25. The van der Waals surface area contributed by atoms with E-state index in [1.54, 1.807) is 4.68 Å². The second-order valence-corrected chi connectivity index (χ2v) is 4.70. The Morgan fingerprint density at radius 3 is 2.81 bits per heavy atom. The van der Waals surface area contributed by atoms with E-state index < -0.39 is 5.60 Å². The zero-order valence-corrected chi connectivity index (χ0v) is 10.6. The number of nitrogens with one attached hydrogen (secondary N) is 1. The summed E-state index contributed by atoms with van der Waals surface area (Å²) in [5.74, 6) is 0.189. The third-order valence-electron chi connectivity index (χ3n) is 2.87. The van der Waals surface area contributed by atoms with Crippen molar-refractivity contribution in [1.82, 2.24) is 20.3 Å². The largest absolute Gasteiger partial charge is 0.388 e. The summed E-state index contributed by atoms with van der Waals surface area (Å²) < 4.78 is 1.70. The minimum atomic E-state index is -0.747. The van der Waals surface area contributed by atoms with Crippen molar-refractivity contribution in [2.75, 3.05) is 6.54 Å². The standard InChI is InChI=1S/C11H22N4O/c1-5-12-6-10-7-15(14-13-10)8-11(4,16)9(2)3/h7,9,12,16H,5-6,8H2,1-4H3. The van der Waals surface area contributed by atoms with Crippen molar-refractivity contribution in [3.05, 3.63) is 11.9 Å². The Balaban J connectivity index is 2.58. The van der Waals surface area contributed by atoms with Gasteiger partial charge in [0.05, 0.1) is 17.8 Å². The van der Waals surface area contributed by atoms with Crippen LogP contribution in [0.4, 0.5) is 0 Å². The lowest BCUT2D eigenvalue weighted by molar-refractivity contribution is -0.00611. The van der Waals surface area contributed by atoms with Gasteiger partial charge in [0.2, 0.25) is 0 Å². The molecule has 0 aliphatic heterocycles. The van der Waals surface area contributed by atoms with Crippen molar-refractivity contribution < 1.29 is 5.11 Å². The van der Waals surface area contributed by atoms with E-state index in [1.807, 2.05) is 33.9 Å². The third kappa shape index (κ3) is 3.57. The van der Waals surface area contributed by atoms with Crippen LogP contribution in [0, 0.1) is 5.92 Å². The van der Waals surface area contributed by atoms with Crippen molar-refractivity contribution in [2.45, 2.75) is 46.4 Å². The van der Waals surface area contributed by atoms with Gasteiger partial charge in [-0.05, 0) is 19.4 Å². The Bertz CT molecular complexity index is 320. The molecule has 2 N–H and O–H groups in total. The summed E-state index contributed by atoms with van der Waals surface area (Å²) in [6.07, 6.45) is 1.87. The van der Waals surface area contributed by atoms with Crippen LogP contribution in [0.5, 0.6) is 0 Å². The van der Waals surface area contributed by atoms with Crippen molar-refractivity contribution in [3.8, 4) is 0 Å². The molecule has 92 valence electrons. The van der Waals surface area contributed by atoms with Crippen molar-refractivity contribution in [3.63, 3.8) is 0 Å². The van der Waals surface area contributed by atoms with Gasteiger partial charge in [-0.15, -0.1) is 5.10 Å². The Kier molecular flexibility index (Phi) is 4.44. The minimum Gasteiger partial charge on any atom is -0.388 e. The zero-order valence-electron chi connectivity index (χ0n) is 10.6. The van der Waals surface area contributed by atoms with Crippen molar-refractivity contribution >= 4 is 0 Å². The summed E-state index contributed by atoms with van der Waals surface area (Å²) in [6.45, 7) is 9.98. The normalized spacial score (nSPS) is 15.4. The van der Waals surface area contributed by atoms with Crippen LogP contribution >= 0.6 is 0 Å². The van der Waals surface area contributed by atoms with Gasteiger partial charge >= 0.3 is 0 Å². The molecule has 0 saturated carbocycles. The summed E-state index contributed by atoms with van der Waals surface area (Å²) in [6, 6.07) is 0. The first-order valence-electron chi connectivity index (χ1n) is 5.78. The van der Waals surface area contributed by atoms with Crippen LogP contribution < -0.4 is 5.32 Å². The zero-order chi connectivity index (χ0) is 12.2. The lowest BCUT2D eigenvalue weighted by Gasteiger charge is -2.26. The fourth-order valence-electron chi connectivity index (χ4n) is 1.26. The molecule has 0 fully saturated rings. The topological polar surface area (TPSA) is 63.0 Å². The predicted octanol–water partition coefficient (Wildman–Crippen LogP) is 0.795. The van der Waals surface area contributed by atoms with Crippen LogP contribution in [0.25, 0.3) is 0 Å². The lowest BCUT2D eigenvalue weighted by atomic mass is 9.93. The maximum Gasteiger partial charge on any atom is 0.0964 e. The molecule has 1 aromatic heterocycles. The second kappa shape index (κ2) is 5.41. The van der Waals surface area contributed by atoms with Crippen LogP contribution in [0.1, 0.15) is 33.4 Å². The van der Waals surface area contributed by atoms with Crippen LogP contribution in [-0.4, -0.2) is 32.2 Å². The summed E-state index contributed by atoms with van der Waals surface area (Å²) >= 11 is 0. The smallest absolute Gasteiger partial charge is 0.0964 e. The van der Waals surface area contributed by atoms with E-state index in [0.29, 0.717) is 6.54 Å². The van der Waals surface area contributed by atoms with Crippen LogP contribution in [0.15, 0.2) is 6.20 Å². The molecule has 1 unspecified atom stereocenters.